The van der Waals surface area contributed by atoms with Gasteiger partial charge in [-0.3, -0.25) is 4.79 Å². The summed E-state index contributed by atoms with van der Waals surface area (Å²) in [5.41, 5.74) is -1.07. The van der Waals surface area contributed by atoms with Crippen molar-refractivity contribution >= 4 is 5.91 Å². The number of rotatable bonds is 3. The highest BCUT2D eigenvalue weighted by Gasteiger charge is 2.49. The molecule has 3 atom stereocenters. The van der Waals surface area contributed by atoms with Gasteiger partial charge in [-0.2, -0.15) is 13.2 Å². The van der Waals surface area contributed by atoms with Gasteiger partial charge in [0, 0.05) is 12.5 Å². The molecule has 0 bridgehead atoms. The number of nitrogens with zero attached hydrogens (tertiary/aromatic N) is 1. The highest BCUT2D eigenvalue weighted by molar-refractivity contribution is 5.83. The minimum Gasteiger partial charge on any atom is -0.388 e. The molecule has 1 saturated carbocycles. The maximum Gasteiger partial charge on any atom is 0.416 e. The molecule has 1 heterocycles. The highest BCUT2D eigenvalue weighted by atomic mass is 19.4. The Balaban J connectivity index is 1.72. The minimum atomic E-state index is -4.37. The van der Waals surface area contributed by atoms with Gasteiger partial charge in [0.05, 0.1) is 17.2 Å². The fraction of sp³-hybridized carbons (Fsp3) is 0.611. The molecule has 2 aliphatic rings. The molecule has 1 N–H and O–H groups in total. The molecule has 1 aromatic rings. The Morgan fingerprint density at radius 1 is 1.29 bits per heavy atom. The number of amides is 1. The Morgan fingerprint density at radius 2 is 2.00 bits per heavy atom. The summed E-state index contributed by atoms with van der Waals surface area (Å²) in [6.07, 6.45) is -2.18. The topological polar surface area (TPSA) is 40.5 Å². The molecule has 1 aliphatic carbocycles. The molecule has 0 spiro atoms. The van der Waals surface area contributed by atoms with Crippen molar-refractivity contribution in [1.29, 1.82) is 0 Å². The summed E-state index contributed by atoms with van der Waals surface area (Å²) < 4.78 is 38.5. The summed E-state index contributed by atoms with van der Waals surface area (Å²) in [6, 6.07) is 5.04. The molecule has 6 heteroatoms. The fourth-order valence-corrected chi connectivity index (χ4v) is 3.76. The third-order valence-electron chi connectivity index (χ3n) is 5.10. The van der Waals surface area contributed by atoms with Gasteiger partial charge in [0.15, 0.2) is 0 Å². The number of halogens is 3. The lowest BCUT2D eigenvalue weighted by molar-refractivity contribution is -0.138. The fourth-order valence-electron chi connectivity index (χ4n) is 3.76. The minimum absolute atomic E-state index is 0.0398. The van der Waals surface area contributed by atoms with E-state index in [-0.39, 0.29) is 23.8 Å². The lowest BCUT2D eigenvalue weighted by Gasteiger charge is -2.34. The average Bonchev–Trinajstić information content (AvgIpc) is 3.12. The van der Waals surface area contributed by atoms with E-state index < -0.39 is 17.3 Å². The van der Waals surface area contributed by atoms with Crippen LogP contribution in [0, 0.1) is 5.92 Å². The third-order valence-corrected chi connectivity index (χ3v) is 5.10. The first-order valence-corrected chi connectivity index (χ1v) is 8.29. The zero-order valence-electron chi connectivity index (χ0n) is 13.8. The van der Waals surface area contributed by atoms with Gasteiger partial charge >= 0.3 is 6.18 Å². The smallest absolute Gasteiger partial charge is 0.388 e. The predicted octanol–water partition coefficient (Wildman–Crippen LogP) is 3.57. The van der Waals surface area contributed by atoms with E-state index in [1.54, 1.807) is 24.8 Å². The molecule has 1 amide bonds. The lowest BCUT2D eigenvalue weighted by Crippen LogP contribution is -2.48. The van der Waals surface area contributed by atoms with Crippen molar-refractivity contribution in [2.75, 3.05) is 6.54 Å². The van der Waals surface area contributed by atoms with Gasteiger partial charge in [0.1, 0.15) is 0 Å². The zero-order valence-corrected chi connectivity index (χ0v) is 13.8. The maximum absolute atomic E-state index is 12.8. The summed E-state index contributed by atoms with van der Waals surface area (Å²) in [5, 5.41) is 10.2. The van der Waals surface area contributed by atoms with Crippen LogP contribution in [0.2, 0.25) is 0 Å². The Morgan fingerprint density at radius 3 is 2.62 bits per heavy atom. The van der Waals surface area contributed by atoms with Crippen molar-refractivity contribution < 1.29 is 23.1 Å². The van der Waals surface area contributed by atoms with Crippen LogP contribution in [0.15, 0.2) is 24.3 Å². The monoisotopic (exact) mass is 341 g/mol. The number of carbonyl (C=O) groups excluding carboxylic acids is 1. The molecular formula is C18H22F3NO2. The Hall–Kier alpha value is -1.56. The summed E-state index contributed by atoms with van der Waals surface area (Å²) in [4.78, 5) is 14.4. The standard InChI is InChI=1S/C18H22F3NO2/c1-17(2,24)15-7-4-8-22(15)16(23)14-10-13(14)11-5-3-6-12(9-11)18(19,20)21/h3,5-6,9,13-15,24H,4,7-8,10H2,1-2H3. The van der Waals surface area contributed by atoms with Crippen molar-refractivity contribution in [3.63, 3.8) is 0 Å². The number of aliphatic hydroxyl groups is 1. The second kappa shape index (κ2) is 5.76. The largest absolute Gasteiger partial charge is 0.416 e. The van der Waals surface area contributed by atoms with E-state index in [0.29, 0.717) is 18.5 Å². The van der Waals surface area contributed by atoms with Gasteiger partial charge in [-0.1, -0.05) is 18.2 Å². The van der Waals surface area contributed by atoms with E-state index >= 15 is 0 Å². The van der Waals surface area contributed by atoms with Gasteiger partial charge < -0.3 is 10.0 Å². The Kier molecular flexibility index (Phi) is 4.14. The van der Waals surface area contributed by atoms with Crippen LogP contribution in [0.3, 0.4) is 0 Å². The van der Waals surface area contributed by atoms with Crippen LogP contribution in [0.25, 0.3) is 0 Å². The summed E-state index contributed by atoms with van der Waals surface area (Å²) >= 11 is 0. The van der Waals surface area contributed by atoms with E-state index in [1.807, 2.05) is 0 Å². The van der Waals surface area contributed by atoms with E-state index in [9.17, 15) is 23.1 Å². The van der Waals surface area contributed by atoms with Crippen LogP contribution >= 0.6 is 0 Å². The number of carbonyl (C=O) groups is 1. The van der Waals surface area contributed by atoms with Gasteiger partial charge in [0.2, 0.25) is 5.91 Å². The molecule has 1 aromatic carbocycles. The third kappa shape index (κ3) is 3.29. The van der Waals surface area contributed by atoms with Crippen molar-refractivity contribution in [2.45, 2.75) is 56.8 Å². The van der Waals surface area contributed by atoms with Crippen LogP contribution in [0.4, 0.5) is 13.2 Å². The first-order valence-electron chi connectivity index (χ1n) is 8.29. The van der Waals surface area contributed by atoms with E-state index in [4.69, 9.17) is 0 Å². The summed E-state index contributed by atoms with van der Waals surface area (Å²) in [7, 11) is 0. The Labute approximate surface area is 139 Å². The zero-order chi connectivity index (χ0) is 17.7. The quantitative estimate of drug-likeness (QED) is 0.913. The van der Waals surface area contributed by atoms with Crippen LogP contribution in [0.5, 0.6) is 0 Å². The molecule has 3 unspecified atom stereocenters. The van der Waals surface area contributed by atoms with Gasteiger partial charge in [-0.05, 0) is 50.7 Å². The average molecular weight is 341 g/mol. The molecule has 3 nitrogen and oxygen atoms in total. The van der Waals surface area contributed by atoms with E-state index in [0.717, 1.165) is 25.0 Å². The first kappa shape index (κ1) is 17.3. The van der Waals surface area contributed by atoms with Crippen molar-refractivity contribution in [3.05, 3.63) is 35.4 Å². The predicted molar refractivity (Wildman–Crippen MR) is 83.3 cm³/mol. The van der Waals surface area contributed by atoms with E-state index in [1.165, 1.54) is 6.07 Å². The maximum atomic E-state index is 12.8. The van der Waals surface area contributed by atoms with Crippen LogP contribution in [0.1, 0.15) is 50.2 Å². The number of alkyl halides is 3. The molecule has 24 heavy (non-hydrogen) atoms. The molecule has 1 aliphatic heterocycles. The van der Waals surface area contributed by atoms with Crippen LogP contribution in [-0.2, 0) is 11.0 Å². The van der Waals surface area contributed by atoms with Gasteiger partial charge in [-0.15, -0.1) is 0 Å². The first-order chi connectivity index (χ1) is 11.1. The SMILES string of the molecule is CC(C)(O)C1CCCN1C(=O)C1CC1c1cccc(C(F)(F)F)c1. The molecule has 0 radical (unpaired) electrons. The number of hydrogen-bond donors (Lipinski definition) is 1. The second-order valence-corrected chi connectivity index (χ2v) is 7.42. The van der Waals surface area contributed by atoms with Crippen LogP contribution < -0.4 is 0 Å². The Bertz CT molecular complexity index is 636. The number of hydrogen-bond acceptors (Lipinski definition) is 2. The molecule has 132 valence electrons. The summed E-state index contributed by atoms with van der Waals surface area (Å²) in [6.45, 7) is 4.00. The number of benzene rings is 1. The molecule has 2 fully saturated rings. The van der Waals surface area contributed by atoms with Gasteiger partial charge in [0.25, 0.3) is 0 Å². The van der Waals surface area contributed by atoms with Crippen molar-refractivity contribution in [1.82, 2.24) is 4.90 Å². The molecular weight excluding hydrogens is 319 g/mol. The molecule has 1 saturated heterocycles. The highest BCUT2D eigenvalue weighted by Crippen LogP contribution is 2.50. The number of likely N-dealkylation sites (tertiary alicyclic amines) is 1. The van der Waals surface area contributed by atoms with Gasteiger partial charge in [-0.25, -0.2) is 0 Å². The van der Waals surface area contributed by atoms with Crippen molar-refractivity contribution in [2.24, 2.45) is 5.92 Å². The molecule has 0 aromatic heterocycles. The summed E-state index contributed by atoms with van der Waals surface area (Å²) in [5.74, 6) is -0.457. The normalized spacial score (nSPS) is 27.4. The van der Waals surface area contributed by atoms with Crippen molar-refractivity contribution in [3.8, 4) is 0 Å². The lowest BCUT2D eigenvalue weighted by atomic mass is 9.96. The van der Waals surface area contributed by atoms with Crippen LogP contribution in [-0.4, -0.2) is 34.1 Å². The molecule has 3 rings (SSSR count). The van der Waals surface area contributed by atoms with E-state index in [2.05, 4.69) is 0 Å². The second-order valence-electron chi connectivity index (χ2n) is 7.42.